The number of azo groups is 1. The maximum Gasteiger partial charge on any atom is 0.331 e. The zero-order chi connectivity index (χ0) is 24.4. The Bertz CT molecular complexity index is 1380. The molecule has 184 valence electrons. The lowest BCUT2D eigenvalue weighted by molar-refractivity contribution is 0.146. The van der Waals surface area contributed by atoms with Crippen LogP contribution >= 0.6 is 23.5 Å². The summed E-state index contributed by atoms with van der Waals surface area (Å²) in [5.74, 6) is 0. The molecule has 3 unspecified atom stereocenters. The topological polar surface area (TPSA) is 110 Å². The highest BCUT2D eigenvalue weighted by atomic mass is 32.2. The van der Waals surface area contributed by atoms with Crippen molar-refractivity contribution in [2.45, 2.75) is 73.3 Å². The number of benzene rings is 1. The van der Waals surface area contributed by atoms with E-state index in [0.29, 0.717) is 11.0 Å². The Hall–Kier alpha value is -1.90. The number of nitrogens with zero attached hydrogens (tertiary/aromatic N) is 4. The van der Waals surface area contributed by atoms with Crippen molar-refractivity contribution in [2.75, 3.05) is 0 Å². The van der Waals surface area contributed by atoms with Gasteiger partial charge in [0.1, 0.15) is 0 Å². The summed E-state index contributed by atoms with van der Waals surface area (Å²) in [5, 5.41) is 9.63. The molecule has 1 aromatic carbocycles. The fourth-order valence-electron chi connectivity index (χ4n) is 4.01. The molecule has 0 amide bonds. The van der Waals surface area contributed by atoms with Gasteiger partial charge in [0.25, 0.3) is 6.43 Å². The molecule has 14 heteroatoms. The molecule has 1 saturated carbocycles. The van der Waals surface area contributed by atoms with Gasteiger partial charge in [-0.1, -0.05) is 11.8 Å². The number of thioether (sulfide) groups is 2. The fourth-order valence-corrected chi connectivity index (χ4v) is 7.51. The van der Waals surface area contributed by atoms with Crippen LogP contribution in [0.15, 0.2) is 48.7 Å². The van der Waals surface area contributed by atoms with E-state index < -0.39 is 38.5 Å². The Morgan fingerprint density at radius 2 is 2.03 bits per heavy atom. The van der Waals surface area contributed by atoms with Crippen LogP contribution in [-0.2, 0) is 16.6 Å². The van der Waals surface area contributed by atoms with Crippen molar-refractivity contribution in [3.05, 3.63) is 39.3 Å². The predicted molar refractivity (Wildman–Crippen MR) is 128 cm³/mol. The largest absolute Gasteiger partial charge is 0.376 e. The van der Waals surface area contributed by atoms with Crippen LogP contribution in [0, 0.1) is 0 Å². The molecule has 9 nitrogen and oxygen atoms in total. The standard InChI is InChI=1S/C20H24F2N6O3S3/c1-10-15(32-11(2)23-10)9-27-13-5-4-12(34(30,31)26-20(3)6-7-20)8-14(13)28(19(27)29)18-25-24-17(33-18)16(21)22/h4-5,8,11,16-18,23,26H,6-7,9H2,1-3H3. The molecule has 34 heavy (non-hydrogen) atoms. The van der Waals surface area contributed by atoms with Crippen molar-refractivity contribution in [1.82, 2.24) is 19.2 Å². The molecule has 0 spiro atoms. The molecule has 2 aliphatic heterocycles. The Morgan fingerprint density at radius 3 is 2.62 bits per heavy atom. The van der Waals surface area contributed by atoms with E-state index in [9.17, 15) is 22.0 Å². The number of halogens is 2. The molecule has 1 fully saturated rings. The second-order valence-corrected chi connectivity index (χ2v) is 13.2. The highest BCUT2D eigenvalue weighted by molar-refractivity contribution is 8.03. The van der Waals surface area contributed by atoms with Gasteiger partial charge in [-0.25, -0.2) is 26.7 Å². The summed E-state index contributed by atoms with van der Waals surface area (Å²) in [4.78, 5) is 14.5. The van der Waals surface area contributed by atoms with E-state index in [1.165, 1.54) is 21.3 Å². The summed E-state index contributed by atoms with van der Waals surface area (Å²) in [6, 6.07) is 4.47. The van der Waals surface area contributed by atoms with Gasteiger partial charge < -0.3 is 5.32 Å². The summed E-state index contributed by atoms with van der Waals surface area (Å²) >= 11 is 2.36. The lowest BCUT2D eigenvalue weighted by atomic mass is 10.3. The van der Waals surface area contributed by atoms with Crippen molar-refractivity contribution in [1.29, 1.82) is 0 Å². The third kappa shape index (κ3) is 4.29. The van der Waals surface area contributed by atoms with Crippen molar-refractivity contribution in [2.24, 2.45) is 10.2 Å². The molecular weight excluding hydrogens is 506 g/mol. The summed E-state index contributed by atoms with van der Waals surface area (Å²) in [7, 11) is -3.83. The number of rotatable bonds is 7. The van der Waals surface area contributed by atoms with Crippen LogP contribution in [-0.4, -0.2) is 40.3 Å². The van der Waals surface area contributed by atoms with Crippen LogP contribution < -0.4 is 15.7 Å². The number of fused-ring (bicyclic) bond motifs is 1. The molecule has 2 aromatic rings. The van der Waals surface area contributed by atoms with E-state index in [-0.39, 0.29) is 16.8 Å². The first-order chi connectivity index (χ1) is 16.0. The van der Waals surface area contributed by atoms with Crippen LogP contribution in [0.25, 0.3) is 11.0 Å². The SMILES string of the molecule is CC1=C(Cn2c(=O)n(C3N=NC(C(F)F)S3)c3cc(S(=O)(=O)NC4(C)CC4)ccc32)SC(C)N1. The van der Waals surface area contributed by atoms with Gasteiger partial charge in [-0.3, -0.25) is 9.13 Å². The van der Waals surface area contributed by atoms with Crippen LogP contribution in [0.2, 0.25) is 0 Å². The zero-order valence-electron chi connectivity index (χ0n) is 18.7. The molecule has 0 saturated heterocycles. The second-order valence-electron chi connectivity index (χ2n) is 8.93. The molecule has 0 radical (unpaired) electrons. The summed E-state index contributed by atoms with van der Waals surface area (Å²) < 4.78 is 57.9. The Labute approximate surface area is 203 Å². The average molecular weight is 531 g/mol. The molecule has 3 atom stereocenters. The molecule has 1 aromatic heterocycles. The van der Waals surface area contributed by atoms with Gasteiger partial charge in [-0.2, -0.15) is 10.2 Å². The smallest absolute Gasteiger partial charge is 0.331 e. The number of hydrogen-bond donors (Lipinski definition) is 2. The molecule has 3 aliphatic rings. The molecule has 2 N–H and O–H groups in total. The Balaban J connectivity index is 1.62. The first-order valence-electron chi connectivity index (χ1n) is 10.7. The average Bonchev–Trinajstić information content (AvgIpc) is 3.09. The van der Waals surface area contributed by atoms with E-state index in [4.69, 9.17) is 0 Å². The summed E-state index contributed by atoms with van der Waals surface area (Å²) in [5.41, 5.74) is -0.170. The van der Waals surface area contributed by atoms with Crippen LogP contribution in [0.5, 0.6) is 0 Å². The lowest BCUT2D eigenvalue weighted by Gasteiger charge is -2.13. The molecule has 1 aliphatic carbocycles. The highest BCUT2D eigenvalue weighted by Gasteiger charge is 2.41. The minimum Gasteiger partial charge on any atom is -0.376 e. The molecular formula is C20H24F2N6O3S3. The van der Waals surface area contributed by atoms with Crippen molar-refractivity contribution in [3.8, 4) is 0 Å². The minimum absolute atomic E-state index is 0.00490. The number of hydrogen-bond acceptors (Lipinski definition) is 8. The number of nitrogens with one attached hydrogen (secondary N) is 2. The van der Waals surface area contributed by atoms with Gasteiger partial charge in [0.15, 0.2) is 10.9 Å². The maximum absolute atomic E-state index is 13.5. The summed E-state index contributed by atoms with van der Waals surface area (Å²) in [6.07, 6.45) is -1.22. The highest BCUT2D eigenvalue weighted by Crippen LogP contribution is 2.41. The van der Waals surface area contributed by atoms with E-state index in [1.54, 1.807) is 17.8 Å². The lowest BCUT2D eigenvalue weighted by Crippen LogP contribution is -2.34. The second kappa shape index (κ2) is 8.35. The normalized spacial score (nSPS) is 26.1. The van der Waals surface area contributed by atoms with E-state index >= 15 is 0 Å². The third-order valence-electron chi connectivity index (χ3n) is 6.06. The van der Waals surface area contributed by atoms with Gasteiger partial charge in [-0.05, 0) is 51.8 Å². The maximum atomic E-state index is 13.5. The van der Waals surface area contributed by atoms with E-state index in [0.717, 1.165) is 35.2 Å². The van der Waals surface area contributed by atoms with Gasteiger partial charge in [0.2, 0.25) is 10.0 Å². The Kier molecular flexibility index (Phi) is 5.85. The quantitative estimate of drug-likeness (QED) is 0.564. The third-order valence-corrected chi connectivity index (χ3v) is 10.0. The number of allylic oxidation sites excluding steroid dienone is 2. The minimum atomic E-state index is -3.83. The van der Waals surface area contributed by atoms with Gasteiger partial charge >= 0.3 is 5.69 Å². The molecule has 0 bridgehead atoms. The summed E-state index contributed by atoms with van der Waals surface area (Å²) in [6.45, 7) is 6.04. The van der Waals surface area contributed by atoms with Crippen molar-refractivity contribution < 1.29 is 17.2 Å². The van der Waals surface area contributed by atoms with Crippen molar-refractivity contribution in [3.63, 3.8) is 0 Å². The monoisotopic (exact) mass is 530 g/mol. The van der Waals surface area contributed by atoms with Crippen LogP contribution in [0.1, 0.15) is 39.1 Å². The fraction of sp³-hybridized carbons (Fsp3) is 0.550. The van der Waals surface area contributed by atoms with E-state index in [2.05, 4.69) is 20.3 Å². The number of alkyl halides is 2. The first-order valence-corrected chi connectivity index (χ1v) is 14.0. The van der Waals surface area contributed by atoms with Gasteiger partial charge in [0, 0.05) is 16.1 Å². The van der Waals surface area contributed by atoms with Crippen molar-refractivity contribution >= 4 is 44.6 Å². The first kappa shape index (κ1) is 23.8. The van der Waals surface area contributed by atoms with Crippen LogP contribution in [0.4, 0.5) is 8.78 Å². The molecule has 3 heterocycles. The van der Waals surface area contributed by atoms with Gasteiger partial charge in [0.05, 0.1) is 27.8 Å². The van der Waals surface area contributed by atoms with Crippen LogP contribution in [0.3, 0.4) is 0 Å². The number of imidazole rings is 1. The number of aromatic nitrogens is 2. The Morgan fingerprint density at radius 1 is 1.29 bits per heavy atom. The van der Waals surface area contributed by atoms with Gasteiger partial charge in [-0.15, -0.1) is 11.8 Å². The number of sulfonamides is 1. The zero-order valence-corrected chi connectivity index (χ0v) is 21.1. The van der Waals surface area contributed by atoms with E-state index in [1.807, 2.05) is 20.8 Å². The predicted octanol–water partition coefficient (Wildman–Crippen LogP) is 3.79. The molecule has 5 rings (SSSR count).